The molecule has 1 amide bonds. The van der Waals surface area contributed by atoms with Crippen molar-refractivity contribution in [2.45, 2.75) is 19.8 Å². The molecule has 2 fully saturated rings. The Morgan fingerprint density at radius 2 is 1.71 bits per heavy atom. The quantitative estimate of drug-likeness (QED) is 0.788. The molecule has 0 unspecified atom stereocenters. The van der Waals surface area contributed by atoms with E-state index in [0.29, 0.717) is 31.7 Å². The van der Waals surface area contributed by atoms with Crippen LogP contribution in [0.25, 0.3) is 0 Å². The van der Waals surface area contributed by atoms with Crippen molar-refractivity contribution in [2.24, 2.45) is 0 Å². The summed E-state index contributed by atoms with van der Waals surface area (Å²) in [5.74, 6) is 1.09. The van der Waals surface area contributed by atoms with E-state index in [9.17, 15) is 9.18 Å². The molecule has 2 aromatic rings. The summed E-state index contributed by atoms with van der Waals surface area (Å²) in [6.45, 7) is 6.48. The number of hydrogen-bond acceptors (Lipinski definition) is 5. The van der Waals surface area contributed by atoms with Gasteiger partial charge in [0.05, 0.1) is 10.6 Å². The molecular formula is C20H23ClFN5O. The second-order valence-corrected chi connectivity index (χ2v) is 7.67. The van der Waals surface area contributed by atoms with Crippen LogP contribution in [-0.2, 0) is 0 Å². The average molecular weight is 404 g/mol. The summed E-state index contributed by atoms with van der Waals surface area (Å²) in [7, 11) is 0. The number of amides is 1. The van der Waals surface area contributed by atoms with Gasteiger partial charge >= 0.3 is 0 Å². The SMILES string of the molecule is Cc1cc(N2CCN(C(=O)c3ccc(F)cc3Cl)CC2)nc(N2CCCC2)n1. The summed E-state index contributed by atoms with van der Waals surface area (Å²) in [5, 5.41) is 0.147. The van der Waals surface area contributed by atoms with Crippen molar-refractivity contribution in [1.29, 1.82) is 0 Å². The Kier molecular flexibility index (Phi) is 5.35. The van der Waals surface area contributed by atoms with Gasteiger partial charge in [-0.2, -0.15) is 4.98 Å². The van der Waals surface area contributed by atoms with E-state index in [1.165, 1.54) is 31.0 Å². The number of carbonyl (C=O) groups is 1. The Labute approximate surface area is 168 Å². The fourth-order valence-electron chi connectivity index (χ4n) is 3.73. The average Bonchev–Trinajstić information content (AvgIpc) is 3.22. The molecule has 4 rings (SSSR count). The van der Waals surface area contributed by atoms with Gasteiger partial charge < -0.3 is 14.7 Å². The van der Waals surface area contributed by atoms with Crippen LogP contribution < -0.4 is 9.80 Å². The van der Waals surface area contributed by atoms with Crippen molar-refractivity contribution in [3.05, 3.63) is 46.4 Å². The number of piperazine rings is 1. The van der Waals surface area contributed by atoms with E-state index in [-0.39, 0.29) is 10.9 Å². The number of aromatic nitrogens is 2. The monoisotopic (exact) mass is 403 g/mol. The Hall–Kier alpha value is -2.41. The molecule has 0 atom stereocenters. The predicted molar refractivity (Wildman–Crippen MR) is 108 cm³/mol. The first-order chi connectivity index (χ1) is 13.5. The standard InChI is InChI=1S/C20H23ClFN5O/c1-14-12-18(24-20(23-14)27-6-2-3-7-27)25-8-10-26(11-9-25)19(28)16-5-4-15(22)13-17(16)21/h4-5,12-13H,2-3,6-11H2,1H3. The van der Waals surface area contributed by atoms with Gasteiger partial charge in [0.15, 0.2) is 0 Å². The van der Waals surface area contributed by atoms with Gasteiger partial charge in [0.1, 0.15) is 11.6 Å². The minimum Gasteiger partial charge on any atom is -0.353 e. The maximum atomic E-state index is 13.2. The predicted octanol–water partition coefficient (Wildman–Crippen LogP) is 3.14. The third kappa shape index (κ3) is 3.90. The topological polar surface area (TPSA) is 52.6 Å². The summed E-state index contributed by atoms with van der Waals surface area (Å²) in [6, 6.07) is 5.88. The van der Waals surface area contributed by atoms with Crippen LogP contribution in [0, 0.1) is 12.7 Å². The van der Waals surface area contributed by atoms with Crippen LogP contribution in [0.1, 0.15) is 28.9 Å². The number of aryl methyl sites for hydroxylation is 1. The molecule has 148 valence electrons. The zero-order chi connectivity index (χ0) is 19.7. The van der Waals surface area contributed by atoms with Crippen LogP contribution in [0.5, 0.6) is 0 Å². The van der Waals surface area contributed by atoms with Gasteiger partial charge in [0, 0.05) is 51.0 Å². The maximum absolute atomic E-state index is 13.2. The summed E-state index contributed by atoms with van der Waals surface area (Å²) in [6.07, 6.45) is 2.36. The Bertz CT molecular complexity index is 879. The van der Waals surface area contributed by atoms with E-state index in [4.69, 9.17) is 16.6 Å². The second kappa shape index (κ2) is 7.91. The summed E-state index contributed by atoms with van der Waals surface area (Å²) >= 11 is 6.05. The number of halogens is 2. The largest absolute Gasteiger partial charge is 0.353 e. The molecule has 2 aliphatic rings. The van der Waals surface area contributed by atoms with Gasteiger partial charge in [-0.15, -0.1) is 0 Å². The number of benzene rings is 1. The van der Waals surface area contributed by atoms with Gasteiger partial charge in [-0.05, 0) is 38.0 Å². The fourth-order valence-corrected chi connectivity index (χ4v) is 3.98. The molecule has 2 saturated heterocycles. The van der Waals surface area contributed by atoms with Crippen molar-refractivity contribution in [1.82, 2.24) is 14.9 Å². The Morgan fingerprint density at radius 1 is 1.00 bits per heavy atom. The van der Waals surface area contributed by atoms with Crippen molar-refractivity contribution in [3.8, 4) is 0 Å². The Balaban J connectivity index is 1.44. The minimum atomic E-state index is -0.445. The van der Waals surface area contributed by atoms with Crippen LogP contribution >= 0.6 is 11.6 Å². The van der Waals surface area contributed by atoms with Crippen LogP contribution in [0.15, 0.2) is 24.3 Å². The van der Waals surface area contributed by atoms with Crippen LogP contribution in [0.2, 0.25) is 5.02 Å². The van der Waals surface area contributed by atoms with E-state index < -0.39 is 5.82 Å². The van der Waals surface area contributed by atoms with E-state index in [0.717, 1.165) is 30.5 Å². The van der Waals surface area contributed by atoms with Crippen LogP contribution in [0.3, 0.4) is 0 Å². The zero-order valence-electron chi connectivity index (χ0n) is 15.9. The van der Waals surface area contributed by atoms with Crippen LogP contribution in [-0.4, -0.2) is 60.0 Å². The van der Waals surface area contributed by atoms with Gasteiger partial charge in [-0.1, -0.05) is 11.6 Å². The number of rotatable bonds is 3. The number of hydrogen-bond donors (Lipinski definition) is 0. The highest BCUT2D eigenvalue weighted by Gasteiger charge is 2.25. The molecule has 0 saturated carbocycles. The maximum Gasteiger partial charge on any atom is 0.255 e. The van der Waals surface area contributed by atoms with E-state index in [1.54, 1.807) is 4.90 Å². The van der Waals surface area contributed by atoms with Gasteiger partial charge in [0.25, 0.3) is 5.91 Å². The Morgan fingerprint density at radius 3 is 2.39 bits per heavy atom. The zero-order valence-corrected chi connectivity index (χ0v) is 16.6. The van der Waals surface area contributed by atoms with Crippen LogP contribution in [0.4, 0.5) is 16.2 Å². The molecule has 28 heavy (non-hydrogen) atoms. The highest BCUT2D eigenvalue weighted by molar-refractivity contribution is 6.33. The highest BCUT2D eigenvalue weighted by atomic mass is 35.5. The summed E-state index contributed by atoms with van der Waals surface area (Å²) < 4.78 is 13.2. The molecule has 0 aliphatic carbocycles. The van der Waals surface area contributed by atoms with E-state index in [2.05, 4.69) is 14.8 Å². The van der Waals surface area contributed by atoms with Gasteiger partial charge in [-0.3, -0.25) is 4.79 Å². The fraction of sp³-hybridized carbons (Fsp3) is 0.450. The molecule has 3 heterocycles. The molecule has 1 aromatic heterocycles. The smallest absolute Gasteiger partial charge is 0.255 e. The second-order valence-electron chi connectivity index (χ2n) is 7.27. The van der Waals surface area contributed by atoms with Crippen molar-refractivity contribution >= 4 is 29.3 Å². The van der Waals surface area contributed by atoms with Gasteiger partial charge in [-0.25, -0.2) is 9.37 Å². The normalized spacial score (nSPS) is 17.3. The molecule has 8 heteroatoms. The minimum absolute atomic E-state index is 0.147. The first-order valence-corrected chi connectivity index (χ1v) is 9.99. The van der Waals surface area contributed by atoms with Crippen molar-refractivity contribution in [3.63, 3.8) is 0 Å². The van der Waals surface area contributed by atoms with E-state index >= 15 is 0 Å². The molecule has 0 bridgehead atoms. The number of carbonyl (C=O) groups excluding carboxylic acids is 1. The lowest BCUT2D eigenvalue weighted by atomic mass is 10.1. The molecule has 2 aliphatic heterocycles. The molecule has 1 aromatic carbocycles. The summed E-state index contributed by atoms with van der Waals surface area (Å²) in [5.41, 5.74) is 1.29. The van der Waals surface area contributed by atoms with Crippen molar-refractivity contribution in [2.75, 3.05) is 49.1 Å². The van der Waals surface area contributed by atoms with E-state index in [1.807, 2.05) is 13.0 Å². The van der Waals surface area contributed by atoms with Gasteiger partial charge in [0.2, 0.25) is 5.95 Å². The lowest BCUT2D eigenvalue weighted by Crippen LogP contribution is -2.49. The first-order valence-electron chi connectivity index (χ1n) is 9.61. The third-order valence-electron chi connectivity index (χ3n) is 5.27. The summed E-state index contributed by atoms with van der Waals surface area (Å²) in [4.78, 5) is 28.2. The molecular weight excluding hydrogens is 381 g/mol. The first kappa shape index (κ1) is 18.9. The molecule has 6 nitrogen and oxygen atoms in total. The molecule has 0 radical (unpaired) electrons. The number of anilines is 2. The lowest BCUT2D eigenvalue weighted by Gasteiger charge is -2.36. The lowest BCUT2D eigenvalue weighted by molar-refractivity contribution is 0.0746. The third-order valence-corrected chi connectivity index (χ3v) is 5.58. The number of nitrogens with zero attached hydrogens (tertiary/aromatic N) is 5. The molecule has 0 spiro atoms. The highest BCUT2D eigenvalue weighted by Crippen LogP contribution is 2.23. The molecule has 0 N–H and O–H groups in total. The van der Waals surface area contributed by atoms with Crippen molar-refractivity contribution < 1.29 is 9.18 Å².